The SMILES string of the molecule is O=C(NCC1CCCN1)Nc1cccc2ccccc12. The Morgan fingerprint density at radius 3 is 2.90 bits per heavy atom. The lowest BCUT2D eigenvalue weighted by Gasteiger charge is -2.13. The first kappa shape index (κ1) is 12.9. The third-order valence-electron chi connectivity index (χ3n) is 3.71. The highest BCUT2D eigenvalue weighted by Gasteiger charge is 2.14. The third-order valence-corrected chi connectivity index (χ3v) is 3.71. The van der Waals surface area contributed by atoms with E-state index < -0.39 is 0 Å². The van der Waals surface area contributed by atoms with Crippen LogP contribution in [0.3, 0.4) is 0 Å². The maximum absolute atomic E-state index is 12.0. The predicted octanol–water partition coefficient (Wildman–Crippen LogP) is 2.71. The molecule has 1 atom stereocenters. The molecule has 1 aliphatic rings. The minimum absolute atomic E-state index is 0.143. The average molecular weight is 269 g/mol. The van der Waals surface area contributed by atoms with Gasteiger partial charge in [-0.3, -0.25) is 0 Å². The Labute approximate surface area is 118 Å². The maximum atomic E-state index is 12.0. The number of urea groups is 1. The van der Waals surface area contributed by atoms with E-state index in [0.717, 1.165) is 29.4 Å². The monoisotopic (exact) mass is 269 g/mol. The van der Waals surface area contributed by atoms with E-state index in [2.05, 4.69) is 16.0 Å². The van der Waals surface area contributed by atoms with Gasteiger partial charge in [0.15, 0.2) is 0 Å². The summed E-state index contributed by atoms with van der Waals surface area (Å²) in [7, 11) is 0. The fourth-order valence-corrected chi connectivity index (χ4v) is 2.65. The molecule has 0 aromatic heterocycles. The summed E-state index contributed by atoms with van der Waals surface area (Å²) in [5.41, 5.74) is 0.847. The Morgan fingerprint density at radius 2 is 2.05 bits per heavy atom. The van der Waals surface area contributed by atoms with E-state index >= 15 is 0 Å². The topological polar surface area (TPSA) is 53.2 Å². The van der Waals surface area contributed by atoms with Crippen LogP contribution in [0.15, 0.2) is 42.5 Å². The van der Waals surface area contributed by atoms with Crippen molar-refractivity contribution in [2.45, 2.75) is 18.9 Å². The van der Waals surface area contributed by atoms with Crippen LogP contribution in [0.4, 0.5) is 10.5 Å². The van der Waals surface area contributed by atoms with Gasteiger partial charge in [0.2, 0.25) is 0 Å². The fourth-order valence-electron chi connectivity index (χ4n) is 2.65. The van der Waals surface area contributed by atoms with Gasteiger partial charge in [-0.25, -0.2) is 4.79 Å². The second-order valence-electron chi connectivity index (χ2n) is 5.16. The Balaban J connectivity index is 1.65. The lowest BCUT2D eigenvalue weighted by molar-refractivity contribution is 0.251. The summed E-state index contributed by atoms with van der Waals surface area (Å²) in [5, 5.41) is 11.4. The van der Waals surface area contributed by atoms with Crippen LogP contribution in [-0.4, -0.2) is 25.2 Å². The molecule has 2 amide bonds. The Morgan fingerprint density at radius 1 is 1.20 bits per heavy atom. The molecular weight excluding hydrogens is 250 g/mol. The fraction of sp³-hybridized carbons (Fsp3) is 0.312. The predicted molar refractivity (Wildman–Crippen MR) is 82.0 cm³/mol. The number of fused-ring (bicyclic) bond motifs is 1. The quantitative estimate of drug-likeness (QED) is 0.802. The molecule has 1 saturated heterocycles. The molecule has 1 fully saturated rings. The molecule has 0 bridgehead atoms. The molecule has 0 radical (unpaired) electrons. The number of carbonyl (C=O) groups excluding carboxylic acids is 1. The number of hydrogen-bond acceptors (Lipinski definition) is 2. The van der Waals surface area contributed by atoms with Crippen molar-refractivity contribution in [1.29, 1.82) is 0 Å². The van der Waals surface area contributed by atoms with Crippen molar-refractivity contribution in [2.75, 3.05) is 18.4 Å². The van der Waals surface area contributed by atoms with Crippen LogP contribution in [0.25, 0.3) is 10.8 Å². The summed E-state index contributed by atoms with van der Waals surface area (Å²) in [6, 6.07) is 14.2. The first-order chi connectivity index (χ1) is 9.83. The molecule has 2 aromatic carbocycles. The number of hydrogen-bond donors (Lipinski definition) is 3. The molecule has 104 valence electrons. The first-order valence-corrected chi connectivity index (χ1v) is 7.09. The minimum Gasteiger partial charge on any atom is -0.336 e. The molecule has 2 aromatic rings. The van der Waals surface area contributed by atoms with Crippen LogP contribution in [0, 0.1) is 0 Å². The van der Waals surface area contributed by atoms with E-state index in [1.54, 1.807) is 0 Å². The van der Waals surface area contributed by atoms with Crippen molar-refractivity contribution >= 4 is 22.5 Å². The molecule has 0 spiro atoms. The van der Waals surface area contributed by atoms with Crippen LogP contribution in [-0.2, 0) is 0 Å². The lowest BCUT2D eigenvalue weighted by Crippen LogP contribution is -2.39. The van der Waals surface area contributed by atoms with E-state index in [4.69, 9.17) is 0 Å². The molecule has 0 saturated carbocycles. The van der Waals surface area contributed by atoms with Gasteiger partial charge in [0.25, 0.3) is 0 Å². The van der Waals surface area contributed by atoms with Gasteiger partial charge in [-0.2, -0.15) is 0 Å². The summed E-state index contributed by atoms with van der Waals surface area (Å²) in [4.78, 5) is 12.0. The summed E-state index contributed by atoms with van der Waals surface area (Å²) < 4.78 is 0. The van der Waals surface area contributed by atoms with Gasteiger partial charge < -0.3 is 16.0 Å². The van der Waals surface area contributed by atoms with Crippen molar-refractivity contribution in [3.05, 3.63) is 42.5 Å². The number of carbonyl (C=O) groups is 1. The Bertz CT molecular complexity index is 600. The molecule has 4 heteroatoms. The standard InChI is InChI=1S/C16H19N3O/c20-16(18-11-13-7-4-10-17-13)19-15-9-3-6-12-5-1-2-8-14(12)15/h1-3,5-6,8-9,13,17H,4,7,10-11H2,(H2,18,19,20). The van der Waals surface area contributed by atoms with Crippen molar-refractivity contribution < 1.29 is 4.79 Å². The zero-order valence-corrected chi connectivity index (χ0v) is 11.4. The number of rotatable bonds is 3. The molecular formula is C16H19N3O. The summed E-state index contributed by atoms with van der Waals surface area (Å²) in [5.74, 6) is 0. The van der Waals surface area contributed by atoms with Gasteiger partial charge in [-0.05, 0) is 30.8 Å². The zero-order valence-electron chi connectivity index (χ0n) is 11.4. The van der Waals surface area contributed by atoms with Crippen molar-refractivity contribution in [1.82, 2.24) is 10.6 Å². The van der Waals surface area contributed by atoms with Crippen LogP contribution in [0.1, 0.15) is 12.8 Å². The highest BCUT2D eigenvalue weighted by molar-refractivity contribution is 6.01. The zero-order chi connectivity index (χ0) is 13.8. The molecule has 1 unspecified atom stereocenters. The second-order valence-corrected chi connectivity index (χ2v) is 5.16. The van der Waals surface area contributed by atoms with Crippen molar-refractivity contribution in [3.8, 4) is 0 Å². The molecule has 3 rings (SSSR count). The largest absolute Gasteiger partial charge is 0.336 e. The first-order valence-electron chi connectivity index (χ1n) is 7.09. The second kappa shape index (κ2) is 5.92. The van der Waals surface area contributed by atoms with Crippen LogP contribution < -0.4 is 16.0 Å². The molecule has 0 aliphatic carbocycles. The van der Waals surface area contributed by atoms with Crippen molar-refractivity contribution in [3.63, 3.8) is 0 Å². The molecule has 1 aliphatic heterocycles. The van der Waals surface area contributed by atoms with Gasteiger partial charge in [-0.1, -0.05) is 36.4 Å². The highest BCUT2D eigenvalue weighted by Crippen LogP contribution is 2.22. The summed E-state index contributed by atoms with van der Waals surface area (Å²) in [6.45, 7) is 1.73. The highest BCUT2D eigenvalue weighted by atomic mass is 16.2. The van der Waals surface area contributed by atoms with Gasteiger partial charge in [0.1, 0.15) is 0 Å². The lowest BCUT2D eigenvalue weighted by atomic mass is 10.1. The third kappa shape index (κ3) is 2.91. The smallest absolute Gasteiger partial charge is 0.319 e. The molecule has 3 N–H and O–H groups in total. The van der Waals surface area contributed by atoms with Crippen LogP contribution in [0.2, 0.25) is 0 Å². The molecule has 1 heterocycles. The number of amides is 2. The number of nitrogens with one attached hydrogen (secondary N) is 3. The summed E-state index contributed by atoms with van der Waals surface area (Å²) >= 11 is 0. The van der Waals surface area contributed by atoms with Gasteiger partial charge in [0.05, 0.1) is 5.69 Å². The van der Waals surface area contributed by atoms with E-state index in [9.17, 15) is 4.79 Å². The minimum atomic E-state index is -0.143. The Kier molecular flexibility index (Phi) is 3.83. The van der Waals surface area contributed by atoms with Crippen molar-refractivity contribution in [2.24, 2.45) is 0 Å². The molecule has 20 heavy (non-hydrogen) atoms. The van der Waals surface area contributed by atoms with Crippen LogP contribution >= 0.6 is 0 Å². The van der Waals surface area contributed by atoms with E-state index in [1.807, 2.05) is 42.5 Å². The Hall–Kier alpha value is -2.07. The number of anilines is 1. The normalized spacial score (nSPS) is 18.1. The summed E-state index contributed by atoms with van der Waals surface area (Å²) in [6.07, 6.45) is 2.33. The number of benzene rings is 2. The van der Waals surface area contributed by atoms with Crippen LogP contribution in [0.5, 0.6) is 0 Å². The molecule has 4 nitrogen and oxygen atoms in total. The van der Waals surface area contributed by atoms with Gasteiger partial charge >= 0.3 is 6.03 Å². The van der Waals surface area contributed by atoms with E-state index in [-0.39, 0.29) is 6.03 Å². The van der Waals surface area contributed by atoms with Gasteiger partial charge in [-0.15, -0.1) is 0 Å². The van der Waals surface area contributed by atoms with E-state index in [1.165, 1.54) is 6.42 Å². The van der Waals surface area contributed by atoms with Gasteiger partial charge in [0, 0.05) is 18.0 Å². The average Bonchev–Trinajstić information content (AvgIpc) is 2.99. The maximum Gasteiger partial charge on any atom is 0.319 e. The van der Waals surface area contributed by atoms with E-state index in [0.29, 0.717) is 12.6 Å².